The molecule has 0 unspecified atom stereocenters. The van der Waals surface area contributed by atoms with E-state index in [1.165, 1.54) is 0 Å². The van der Waals surface area contributed by atoms with Crippen molar-refractivity contribution in [3.8, 4) is 0 Å². The Balaban J connectivity index is 1.92. The Bertz CT molecular complexity index is 785. The molecule has 0 spiro atoms. The fraction of sp³-hybridized carbons (Fsp3) is 0.571. The Morgan fingerprint density at radius 1 is 1.43 bits per heavy atom. The van der Waals surface area contributed by atoms with E-state index in [4.69, 9.17) is 4.52 Å². The van der Waals surface area contributed by atoms with Crippen LogP contribution in [-0.4, -0.2) is 34.6 Å². The largest absolute Gasteiger partial charge is 0.393 e. The molecule has 1 aliphatic carbocycles. The standard InChI is InChI=1S/C14H20N4O4S/c1-8-14(9(2)22-16-8)23(20,21)17-13(10-4-12(19)5-10)11-6-15-18(3)7-11/h6-7,10,12-13,17,19H,4-5H2,1-3H3/t10?,12?,13-/m0/s1. The lowest BCUT2D eigenvalue weighted by molar-refractivity contribution is 0.0280. The quantitative estimate of drug-likeness (QED) is 0.833. The number of sulfonamides is 1. The third kappa shape index (κ3) is 3.04. The molecule has 3 rings (SSSR count). The van der Waals surface area contributed by atoms with Crippen LogP contribution in [0.1, 0.15) is 35.9 Å². The van der Waals surface area contributed by atoms with Crippen molar-refractivity contribution in [2.75, 3.05) is 0 Å². The Labute approximate surface area is 134 Å². The van der Waals surface area contributed by atoms with Gasteiger partial charge in [0.1, 0.15) is 10.6 Å². The van der Waals surface area contributed by atoms with Crippen LogP contribution in [0.2, 0.25) is 0 Å². The van der Waals surface area contributed by atoms with Gasteiger partial charge in [-0.25, -0.2) is 13.1 Å². The zero-order valence-electron chi connectivity index (χ0n) is 13.2. The molecule has 126 valence electrons. The summed E-state index contributed by atoms with van der Waals surface area (Å²) in [4.78, 5) is 0.0752. The molecule has 1 saturated carbocycles. The van der Waals surface area contributed by atoms with Crippen LogP contribution in [-0.2, 0) is 17.1 Å². The first-order chi connectivity index (χ1) is 10.8. The van der Waals surface area contributed by atoms with Gasteiger partial charge >= 0.3 is 0 Å². The third-order valence-electron chi connectivity index (χ3n) is 4.22. The van der Waals surface area contributed by atoms with Crippen molar-refractivity contribution < 1.29 is 18.0 Å². The smallest absolute Gasteiger partial charge is 0.246 e. The van der Waals surface area contributed by atoms with E-state index >= 15 is 0 Å². The van der Waals surface area contributed by atoms with Crippen LogP contribution in [0, 0.1) is 19.8 Å². The Morgan fingerprint density at radius 2 is 2.13 bits per heavy atom. The summed E-state index contributed by atoms with van der Waals surface area (Å²) in [6.45, 7) is 3.16. The second kappa shape index (κ2) is 5.73. The van der Waals surface area contributed by atoms with Crippen LogP contribution in [0.4, 0.5) is 0 Å². The molecule has 0 radical (unpaired) electrons. The van der Waals surface area contributed by atoms with Crippen LogP contribution in [0.25, 0.3) is 0 Å². The molecule has 1 fully saturated rings. The maximum absolute atomic E-state index is 12.8. The van der Waals surface area contributed by atoms with E-state index in [1.807, 2.05) is 0 Å². The highest BCUT2D eigenvalue weighted by Gasteiger charge is 2.38. The molecule has 2 aromatic rings. The van der Waals surface area contributed by atoms with Gasteiger partial charge in [-0.15, -0.1) is 0 Å². The van der Waals surface area contributed by atoms with Crippen LogP contribution in [0.3, 0.4) is 0 Å². The van der Waals surface area contributed by atoms with Crippen molar-refractivity contribution in [3.05, 3.63) is 29.4 Å². The molecule has 9 heteroatoms. The van der Waals surface area contributed by atoms with Gasteiger partial charge in [-0.2, -0.15) is 5.10 Å². The summed E-state index contributed by atoms with van der Waals surface area (Å²) in [5, 5.41) is 17.4. The molecule has 0 amide bonds. The maximum atomic E-state index is 12.8. The Kier molecular flexibility index (Phi) is 4.03. The number of aryl methyl sites for hydroxylation is 3. The summed E-state index contributed by atoms with van der Waals surface area (Å²) in [6.07, 6.45) is 4.17. The highest BCUT2D eigenvalue weighted by molar-refractivity contribution is 7.89. The number of aliphatic hydroxyl groups excluding tert-OH is 1. The van der Waals surface area contributed by atoms with Gasteiger partial charge in [0.2, 0.25) is 10.0 Å². The van der Waals surface area contributed by atoms with Crippen molar-refractivity contribution in [3.63, 3.8) is 0 Å². The molecule has 2 aromatic heterocycles. The van der Waals surface area contributed by atoms with Crippen molar-refractivity contribution >= 4 is 10.0 Å². The summed E-state index contributed by atoms with van der Waals surface area (Å²) in [6, 6.07) is -0.439. The van der Waals surface area contributed by atoms with Gasteiger partial charge < -0.3 is 9.63 Å². The SMILES string of the molecule is Cc1noc(C)c1S(=O)(=O)N[C@H](c1cnn(C)c1)C1CC(O)C1. The minimum atomic E-state index is -3.78. The monoisotopic (exact) mass is 340 g/mol. The molecular formula is C14H20N4O4S. The van der Waals surface area contributed by atoms with Gasteiger partial charge in [-0.3, -0.25) is 4.68 Å². The van der Waals surface area contributed by atoms with Crippen molar-refractivity contribution in [2.24, 2.45) is 13.0 Å². The molecule has 0 bridgehead atoms. The fourth-order valence-electron chi connectivity index (χ4n) is 3.02. The van der Waals surface area contributed by atoms with Gasteiger partial charge in [-0.05, 0) is 32.6 Å². The number of nitrogens with zero attached hydrogens (tertiary/aromatic N) is 3. The molecule has 0 aromatic carbocycles. The topological polar surface area (TPSA) is 110 Å². The number of nitrogens with one attached hydrogen (secondary N) is 1. The molecule has 1 aliphatic rings. The number of rotatable bonds is 5. The highest BCUT2D eigenvalue weighted by atomic mass is 32.2. The van der Waals surface area contributed by atoms with Crippen LogP contribution >= 0.6 is 0 Å². The summed E-state index contributed by atoms with van der Waals surface area (Å²) >= 11 is 0. The number of aliphatic hydroxyl groups is 1. The summed E-state index contributed by atoms with van der Waals surface area (Å²) in [5.74, 6) is 0.290. The predicted octanol–water partition coefficient (Wildman–Crippen LogP) is 0.815. The molecule has 0 aliphatic heterocycles. The molecular weight excluding hydrogens is 320 g/mol. The van der Waals surface area contributed by atoms with E-state index in [0.29, 0.717) is 18.5 Å². The predicted molar refractivity (Wildman–Crippen MR) is 81.0 cm³/mol. The zero-order chi connectivity index (χ0) is 16.8. The summed E-state index contributed by atoms with van der Waals surface area (Å²) in [7, 11) is -2.00. The van der Waals surface area contributed by atoms with Gasteiger partial charge in [0.05, 0.1) is 18.3 Å². The van der Waals surface area contributed by atoms with Crippen LogP contribution in [0.15, 0.2) is 21.8 Å². The first-order valence-corrected chi connectivity index (χ1v) is 8.88. The molecule has 2 N–H and O–H groups in total. The Hall–Kier alpha value is -1.71. The van der Waals surface area contributed by atoms with E-state index in [2.05, 4.69) is 15.0 Å². The lowest BCUT2D eigenvalue weighted by Crippen LogP contribution is -2.41. The van der Waals surface area contributed by atoms with Crippen LogP contribution < -0.4 is 4.72 Å². The lowest BCUT2D eigenvalue weighted by atomic mass is 9.76. The van der Waals surface area contributed by atoms with Gasteiger partial charge in [-0.1, -0.05) is 5.16 Å². The lowest BCUT2D eigenvalue weighted by Gasteiger charge is -2.37. The zero-order valence-corrected chi connectivity index (χ0v) is 14.0. The second-order valence-electron chi connectivity index (χ2n) is 6.08. The minimum absolute atomic E-state index is 0.0319. The normalized spacial score (nSPS) is 22.8. The summed E-state index contributed by atoms with van der Waals surface area (Å²) in [5.41, 5.74) is 1.10. The first kappa shape index (κ1) is 16.2. The first-order valence-electron chi connectivity index (χ1n) is 7.39. The van der Waals surface area contributed by atoms with Gasteiger partial charge in [0.15, 0.2) is 5.76 Å². The summed E-state index contributed by atoms with van der Waals surface area (Å²) < 4.78 is 34.8. The molecule has 8 nitrogen and oxygen atoms in total. The molecule has 1 atom stereocenters. The van der Waals surface area contributed by atoms with E-state index in [9.17, 15) is 13.5 Å². The van der Waals surface area contributed by atoms with Gasteiger partial charge in [0.25, 0.3) is 0 Å². The van der Waals surface area contributed by atoms with Crippen molar-refractivity contribution in [1.29, 1.82) is 0 Å². The van der Waals surface area contributed by atoms with E-state index in [-0.39, 0.29) is 22.7 Å². The average molecular weight is 340 g/mol. The molecule has 23 heavy (non-hydrogen) atoms. The average Bonchev–Trinajstić information content (AvgIpc) is 2.99. The minimum Gasteiger partial charge on any atom is -0.393 e. The Morgan fingerprint density at radius 3 is 2.61 bits per heavy atom. The highest BCUT2D eigenvalue weighted by Crippen LogP contribution is 2.39. The van der Waals surface area contributed by atoms with Crippen LogP contribution in [0.5, 0.6) is 0 Å². The molecule has 0 saturated heterocycles. The maximum Gasteiger partial charge on any atom is 0.246 e. The third-order valence-corrected chi connectivity index (χ3v) is 5.91. The fourth-order valence-corrected chi connectivity index (χ4v) is 4.65. The van der Waals surface area contributed by atoms with Crippen molar-refractivity contribution in [1.82, 2.24) is 19.7 Å². The number of aromatic nitrogens is 3. The van der Waals surface area contributed by atoms with E-state index in [1.54, 1.807) is 38.0 Å². The molecule has 2 heterocycles. The van der Waals surface area contributed by atoms with E-state index in [0.717, 1.165) is 5.56 Å². The van der Waals surface area contributed by atoms with Crippen molar-refractivity contribution in [2.45, 2.75) is 43.7 Å². The number of hydrogen-bond acceptors (Lipinski definition) is 6. The second-order valence-corrected chi connectivity index (χ2v) is 7.74. The number of hydrogen-bond donors (Lipinski definition) is 2. The van der Waals surface area contributed by atoms with E-state index < -0.39 is 16.1 Å². The van der Waals surface area contributed by atoms with Gasteiger partial charge in [0, 0.05) is 18.8 Å².